The van der Waals surface area contributed by atoms with Crippen LogP contribution >= 0.6 is 23.4 Å². The van der Waals surface area contributed by atoms with Crippen LogP contribution in [0.5, 0.6) is 0 Å². The number of nitrogens with one attached hydrogen (secondary N) is 2. The molecular weight excluding hydrogens is 442 g/mol. The van der Waals surface area contributed by atoms with Crippen LogP contribution in [0.25, 0.3) is 11.4 Å². The van der Waals surface area contributed by atoms with Crippen LogP contribution in [-0.4, -0.2) is 26.0 Å². The minimum absolute atomic E-state index is 0.133. The minimum Gasteiger partial charge on any atom is -0.325 e. The second-order valence-corrected chi connectivity index (χ2v) is 9.11. The Labute approximate surface area is 195 Å². The van der Waals surface area contributed by atoms with Crippen molar-refractivity contribution in [2.75, 3.05) is 10.7 Å². The van der Waals surface area contributed by atoms with E-state index in [0.29, 0.717) is 21.7 Å². The fraction of sp³-hybridized carbons (Fsp3) is 0.125. The van der Waals surface area contributed by atoms with E-state index in [1.54, 1.807) is 12.1 Å². The first-order valence-corrected chi connectivity index (χ1v) is 11.4. The van der Waals surface area contributed by atoms with Gasteiger partial charge in [0.2, 0.25) is 11.1 Å². The van der Waals surface area contributed by atoms with Crippen molar-refractivity contribution in [1.29, 1.82) is 0 Å². The largest absolute Gasteiger partial charge is 0.325 e. The van der Waals surface area contributed by atoms with Gasteiger partial charge in [-0.05, 0) is 30.7 Å². The molecule has 8 heteroatoms. The number of hydrogen-bond donors (Lipinski definition) is 2. The van der Waals surface area contributed by atoms with Gasteiger partial charge >= 0.3 is 0 Å². The fourth-order valence-corrected chi connectivity index (χ4v) is 4.90. The number of fused-ring (bicyclic) bond motifs is 1. The summed E-state index contributed by atoms with van der Waals surface area (Å²) < 4.78 is 1.87. The van der Waals surface area contributed by atoms with Crippen molar-refractivity contribution in [3.63, 3.8) is 0 Å². The highest BCUT2D eigenvalue weighted by molar-refractivity contribution is 8.00. The minimum atomic E-state index is -0.461. The summed E-state index contributed by atoms with van der Waals surface area (Å²) in [6.45, 7) is 2.04. The van der Waals surface area contributed by atoms with E-state index in [4.69, 9.17) is 11.6 Å². The lowest BCUT2D eigenvalue weighted by Gasteiger charge is -2.33. The molecule has 0 saturated carbocycles. The first-order chi connectivity index (χ1) is 15.6. The average Bonchev–Trinajstić information content (AvgIpc) is 3.22. The summed E-state index contributed by atoms with van der Waals surface area (Å²) in [5, 5.41) is 12.5. The van der Waals surface area contributed by atoms with Crippen molar-refractivity contribution in [2.45, 2.75) is 23.4 Å². The molecule has 0 unspecified atom stereocenters. The first kappa shape index (κ1) is 20.6. The fourth-order valence-electron chi connectivity index (χ4n) is 3.63. The number of hydrogen-bond acceptors (Lipinski definition) is 5. The Morgan fingerprint density at radius 3 is 2.56 bits per heavy atom. The van der Waals surface area contributed by atoms with Crippen LogP contribution < -0.4 is 10.7 Å². The van der Waals surface area contributed by atoms with E-state index in [1.165, 1.54) is 11.8 Å². The zero-order chi connectivity index (χ0) is 22.1. The Hall–Kier alpha value is -3.29. The zero-order valence-corrected chi connectivity index (χ0v) is 18.8. The van der Waals surface area contributed by atoms with Crippen LogP contribution in [0.15, 0.2) is 84.0 Å². The van der Waals surface area contributed by atoms with Crippen molar-refractivity contribution in [3.05, 3.63) is 95.0 Å². The highest BCUT2D eigenvalue weighted by Gasteiger charge is 2.38. The quantitative estimate of drug-likeness (QED) is 0.431. The van der Waals surface area contributed by atoms with E-state index in [-0.39, 0.29) is 11.9 Å². The summed E-state index contributed by atoms with van der Waals surface area (Å²) in [5.41, 5.74) is 7.26. The van der Waals surface area contributed by atoms with Gasteiger partial charge in [-0.3, -0.25) is 4.79 Å². The zero-order valence-electron chi connectivity index (χ0n) is 17.2. The van der Waals surface area contributed by atoms with Crippen molar-refractivity contribution in [1.82, 2.24) is 14.9 Å². The lowest BCUT2D eigenvalue weighted by molar-refractivity contribution is -0.116. The summed E-state index contributed by atoms with van der Waals surface area (Å²) in [6.07, 6.45) is 0. The number of nitrogens with zero attached hydrogens (tertiary/aromatic N) is 3. The normalized spacial score (nSPS) is 17.3. The van der Waals surface area contributed by atoms with E-state index in [2.05, 4.69) is 20.9 Å². The Balaban J connectivity index is 1.51. The molecule has 2 N–H and O–H groups in total. The lowest BCUT2D eigenvalue weighted by Crippen LogP contribution is -2.41. The number of aromatic nitrogens is 3. The molecule has 6 nitrogen and oxygen atoms in total. The third kappa shape index (κ3) is 4.09. The summed E-state index contributed by atoms with van der Waals surface area (Å²) >= 11 is 7.48. The molecule has 1 aromatic heterocycles. The maximum Gasteiger partial charge on any atom is 0.240 e. The van der Waals surface area contributed by atoms with E-state index >= 15 is 0 Å². The molecule has 0 radical (unpaired) electrons. The molecule has 2 heterocycles. The van der Waals surface area contributed by atoms with Gasteiger partial charge in [0.15, 0.2) is 5.82 Å². The third-order valence-electron chi connectivity index (χ3n) is 5.26. The molecule has 1 aliphatic heterocycles. The summed E-state index contributed by atoms with van der Waals surface area (Å²) in [5.74, 6) is 0.574. The number of carbonyl (C=O) groups excluding carboxylic acids is 1. The predicted octanol–water partition coefficient (Wildman–Crippen LogP) is 5.30. The van der Waals surface area contributed by atoms with Gasteiger partial charge in [-0.15, -0.1) is 10.2 Å². The molecule has 5 rings (SSSR count). The Kier molecular flexibility index (Phi) is 5.59. The van der Waals surface area contributed by atoms with Gasteiger partial charge in [-0.25, -0.2) is 4.68 Å². The smallest absolute Gasteiger partial charge is 0.240 e. The lowest BCUT2D eigenvalue weighted by atomic mass is 10.0. The molecular formula is C24H20ClN5OS. The van der Waals surface area contributed by atoms with Crippen LogP contribution in [0.3, 0.4) is 0 Å². The van der Waals surface area contributed by atoms with Gasteiger partial charge in [-0.2, -0.15) is 0 Å². The van der Waals surface area contributed by atoms with Crippen LogP contribution in [0.4, 0.5) is 5.69 Å². The Bertz CT molecular complexity index is 1260. The Morgan fingerprint density at radius 1 is 1.03 bits per heavy atom. The second-order valence-electron chi connectivity index (χ2n) is 7.56. The molecule has 0 bridgehead atoms. The molecule has 0 spiro atoms. The molecule has 2 atom stereocenters. The van der Waals surface area contributed by atoms with E-state index in [9.17, 15) is 4.79 Å². The van der Waals surface area contributed by atoms with E-state index in [0.717, 1.165) is 16.7 Å². The predicted molar refractivity (Wildman–Crippen MR) is 128 cm³/mol. The van der Waals surface area contributed by atoms with Crippen LogP contribution in [0, 0.1) is 6.92 Å². The van der Waals surface area contributed by atoms with E-state index < -0.39 is 5.25 Å². The number of rotatable bonds is 4. The molecule has 1 aliphatic rings. The summed E-state index contributed by atoms with van der Waals surface area (Å²) in [7, 11) is 0. The molecule has 3 aromatic carbocycles. The van der Waals surface area contributed by atoms with Gasteiger partial charge < -0.3 is 10.7 Å². The molecule has 4 aromatic rings. The molecule has 32 heavy (non-hydrogen) atoms. The molecule has 0 aliphatic carbocycles. The Morgan fingerprint density at radius 2 is 1.81 bits per heavy atom. The monoisotopic (exact) mass is 461 g/mol. The standard InChI is InChI=1S/C24H20ClN5OS/c1-15-10-12-16(13-11-15)20-21(23(31)26-19-9-5-8-18(25)14-19)32-24-28-27-22(30(24)29-20)17-6-3-2-4-7-17/h2-14,20-21,29H,1H3,(H,26,31)/t20-,21-/m0/s1. The summed E-state index contributed by atoms with van der Waals surface area (Å²) in [6, 6.07) is 24.9. The average molecular weight is 462 g/mol. The van der Waals surface area contributed by atoms with Gasteiger partial charge in [0.05, 0.1) is 6.04 Å². The number of amides is 1. The topological polar surface area (TPSA) is 71.8 Å². The number of aryl methyl sites for hydroxylation is 1. The maximum absolute atomic E-state index is 13.3. The van der Waals surface area contributed by atoms with Gasteiger partial charge in [-0.1, -0.05) is 89.6 Å². The summed E-state index contributed by atoms with van der Waals surface area (Å²) in [4.78, 5) is 13.3. The van der Waals surface area contributed by atoms with Crippen molar-refractivity contribution in [3.8, 4) is 11.4 Å². The van der Waals surface area contributed by atoms with Crippen LogP contribution in [-0.2, 0) is 4.79 Å². The number of halogens is 1. The molecule has 160 valence electrons. The SMILES string of the molecule is Cc1ccc([C@@H]2Nn3c(nnc3-c3ccccc3)S[C@@H]2C(=O)Nc2cccc(Cl)c2)cc1. The maximum atomic E-state index is 13.3. The third-order valence-corrected chi connectivity index (χ3v) is 6.71. The van der Waals surface area contributed by atoms with Crippen LogP contribution in [0.2, 0.25) is 5.02 Å². The van der Waals surface area contributed by atoms with Crippen LogP contribution in [0.1, 0.15) is 17.2 Å². The number of thioether (sulfide) groups is 1. The molecule has 0 saturated heterocycles. The number of carbonyl (C=O) groups is 1. The van der Waals surface area contributed by atoms with Gasteiger partial charge in [0.1, 0.15) is 5.25 Å². The molecule has 0 fully saturated rings. The highest BCUT2D eigenvalue weighted by Crippen LogP contribution is 2.39. The number of benzene rings is 3. The van der Waals surface area contributed by atoms with Crippen molar-refractivity contribution >= 4 is 35.0 Å². The van der Waals surface area contributed by atoms with Crippen molar-refractivity contribution < 1.29 is 4.79 Å². The highest BCUT2D eigenvalue weighted by atomic mass is 35.5. The van der Waals surface area contributed by atoms with Gasteiger partial charge in [0.25, 0.3) is 0 Å². The van der Waals surface area contributed by atoms with Gasteiger partial charge in [0, 0.05) is 16.3 Å². The van der Waals surface area contributed by atoms with E-state index in [1.807, 2.05) is 78.3 Å². The van der Waals surface area contributed by atoms with Crippen molar-refractivity contribution in [2.24, 2.45) is 0 Å². The first-order valence-electron chi connectivity index (χ1n) is 10.2. The second kappa shape index (κ2) is 8.68. The number of anilines is 1. The molecule has 1 amide bonds.